The molecule has 2 aromatic rings. The number of amidine groups is 1. The maximum absolute atomic E-state index is 12.5. The minimum Gasteiger partial charge on any atom is -0.474 e. The third-order valence-electron chi connectivity index (χ3n) is 4.16. The molecule has 148 valence electrons. The highest BCUT2D eigenvalue weighted by Gasteiger charge is 2.31. The number of rotatable bonds is 7. The smallest absolute Gasteiger partial charge is 0.275 e. The van der Waals surface area contributed by atoms with Gasteiger partial charge in [-0.25, -0.2) is 15.0 Å². The van der Waals surface area contributed by atoms with Crippen LogP contribution in [-0.2, 0) is 10.3 Å². The lowest BCUT2D eigenvalue weighted by Crippen LogP contribution is -2.29. The lowest BCUT2D eigenvalue weighted by Gasteiger charge is -2.28. The Kier molecular flexibility index (Phi) is 6.42. The highest BCUT2D eigenvalue weighted by Crippen LogP contribution is 2.34. The van der Waals surface area contributed by atoms with Gasteiger partial charge in [-0.15, -0.1) is 0 Å². The highest BCUT2D eigenvalue weighted by molar-refractivity contribution is 8.13. The lowest BCUT2D eigenvalue weighted by atomic mass is 9.94. The largest absolute Gasteiger partial charge is 0.474 e. The van der Waals surface area contributed by atoms with Crippen LogP contribution in [0.5, 0.6) is 5.88 Å². The molecule has 3 N–H and O–H groups in total. The zero-order chi connectivity index (χ0) is 20.0. The van der Waals surface area contributed by atoms with Gasteiger partial charge in [0.15, 0.2) is 5.17 Å². The lowest BCUT2D eigenvalue weighted by molar-refractivity contribution is 0.102. The fourth-order valence-corrected chi connectivity index (χ4v) is 3.58. The number of nitrogens with two attached hydrogens (primary N) is 1. The van der Waals surface area contributed by atoms with Gasteiger partial charge < -0.3 is 20.5 Å². The average Bonchev–Trinajstić information content (AvgIpc) is 2.69. The van der Waals surface area contributed by atoms with Crippen LogP contribution in [0.15, 0.2) is 35.7 Å². The van der Waals surface area contributed by atoms with Gasteiger partial charge in [-0.3, -0.25) is 9.78 Å². The fourth-order valence-electron chi connectivity index (χ4n) is 2.61. The summed E-state index contributed by atoms with van der Waals surface area (Å²) in [5.74, 6) is 0.831. The van der Waals surface area contributed by atoms with Gasteiger partial charge in [-0.1, -0.05) is 11.8 Å². The van der Waals surface area contributed by atoms with Crippen LogP contribution >= 0.6 is 11.8 Å². The van der Waals surface area contributed by atoms with Gasteiger partial charge in [0, 0.05) is 24.7 Å². The summed E-state index contributed by atoms with van der Waals surface area (Å²) in [6.45, 7) is 2.80. The van der Waals surface area contributed by atoms with E-state index in [0.29, 0.717) is 29.9 Å². The van der Waals surface area contributed by atoms with Crippen LogP contribution in [0.3, 0.4) is 0 Å². The molecule has 0 unspecified atom stereocenters. The molecule has 0 fully saturated rings. The van der Waals surface area contributed by atoms with E-state index in [4.69, 9.17) is 15.2 Å². The molecule has 2 aromatic heterocycles. The van der Waals surface area contributed by atoms with Crippen molar-refractivity contribution in [3.8, 4) is 5.88 Å². The molecule has 0 aromatic carbocycles. The molecule has 9 nitrogen and oxygen atoms in total. The molecule has 0 saturated carbocycles. The monoisotopic (exact) mass is 402 g/mol. The summed E-state index contributed by atoms with van der Waals surface area (Å²) in [5, 5.41) is 3.36. The second-order valence-corrected chi connectivity index (χ2v) is 7.40. The number of nitrogens with one attached hydrogen (secondary N) is 1. The van der Waals surface area contributed by atoms with Gasteiger partial charge in [-0.2, -0.15) is 0 Å². The predicted molar refractivity (Wildman–Crippen MR) is 108 cm³/mol. The second kappa shape index (κ2) is 8.98. The van der Waals surface area contributed by atoms with Gasteiger partial charge in [0.1, 0.15) is 17.8 Å². The van der Waals surface area contributed by atoms with E-state index in [0.717, 1.165) is 17.9 Å². The number of methoxy groups -OCH3 is 1. The Morgan fingerprint density at radius 2 is 2.18 bits per heavy atom. The quantitative estimate of drug-likeness (QED) is 0.672. The van der Waals surface area contributed by atoms with Crippen molar-refractivity contribution in [2.24, 2.45) is 10.7 Å². The number of carbonyl (C=O) groups excluding carboxylic acids is 1. The normalized spacial score (nSPS) is 19.0. The second-order valence-electron chi connectivity index (χ2n) is 6.29. The van der Waals surface area contributed by atoms with Crippen LogP contribution in [0.25, 0.3) is 0 Å². The molecule has 0 saturated heterocycles. The number of aromatic nitrogens is 3. The summed E-state index contributed by atoms with van der Waals surface area (Å²) in [5.41, 5.74) is 6.91. The fraction of sp³-hybridized carbons (Fsp3) is 0.389. The molecule has 0 aliphatic carbocycles. The van der Waals surface area contributed by atoms with E-state index in [2.05, 4.69) is 25.3 Å². The number of hydrogen-bond acceptors (Lipinski definition) is 9. The summed E-state index contributed by atoms with van der Waals surface area (Å²) < 4.78 is 10.2. The van der Waals surface area contributed by atoms with Crippen molar-refractivity contribution < 1.29 is 14.3 Å². The number of aliphatic imine (C=N–C) groups is 1. The molecule has 1 amide bonds. The van der Waals surface area contributed by atoms with Crippen LogP contribution in [0.2, 0.25) is 0 Å². The Labute approximate surface area is 167 Å². The van der Waals surface area contributed by atoms with E-state index in [1.807, 2.05) is 6.92 Å². The summed E-state index contributed by atoms with van der Waals surface area (Å²) in [6.07, 6.45) is 5.23. The van der Waals surface area contributed by atoms with E-state index in [-0.39, 0.29) is 11.6 Å². The number of ether oxygens (including phenoxy) is 2. The summed E-state index contributed by atoms with van der Waals surface area (Å²) in [6, 6.07) is 3.52. The Morgan fingerprint density at radius 3 is 2.89 bits per heavy atom. The van der Waals surface area contributed by atoms with Crippen molar-refractivity contribution in [3.63, 3.8) is 0 Å². The predicted octanol–water partition coefficient (Wildman–Crippen LogP) is 1.82. The number of nitrogens with zero attached hydrogens (tertiary/aromatic N) is 4. The average molecular weight is 402 g/mol. The molecule has 3 rings (SSSR count). The van der Waals surface area contributed by atoms with E-state index < -0.39 is 5.54 Å². The number of carbonyl (C=O) groups is 1. The molecule has 0 bridgehead atoms. The molecule has 3 heterocycles. The van der Waals surface area contributed by atoms with E-state index >= 15 is 0 Å². The number of anilines is 1. The molecule has 28 heavy (non-hydrogen) atoms. The maximum atomic E-state index is 12.5. The van der Waals surface area contributed by atoms with Crippen molar-refractivity contribution in [3.05, 3.63) is 42.1 Å². The first-order valence-electron chi connectivity index (χ1n) is 8.70. The Bertz CT molecular complexity index is 861. The third-order valence-corrected chi connectivity index (χ3v) is 4.96. The summed E-state index contributed by atoms with van der Waals surface area (Å²) in [4.78, 5) is 29.6. The maximum Gasteiger partial charge on any atom is 0.275 e. The first-order valence-corrected chi connectivity index (χ1v) is 9.68. The van der Waals surface area contributed by atoms with Crippen molar-refractivity contribution >= 4 is 28.5 Å². The molecule has 0 spiro atoms. The van der Waals surface area contributed by atoms with Crippen LogP contribution in [0.4, 0.5) is 5.69 Å². The summed E-state index contributed by atoms with van der Waals surface area (Å²) >= 11 is 1.53. The molecule has 1 atom stereocenters. The number of hydrogen-bond donors (Lipinski definition) is 2. The van der Waals surface area contributed by atoms with Gasteiger partial charge >= 0.3 is 0 Å². The topological polar surface area (TPSA) is 125 Å². The van der Waals surface area contributed by atoms with E-state index in [9.17, 15) is 4.79 Å². The first kappa shape index (κ1) is 20.0. The zero-order valence-corrected chi connectivity index (χ0v) is 16.5. The minimum atomic E-state index is -0.503. The van der Waals surface area contributed by atoms with Gasteiger partial charge in [0.05, 0.1) is 24.7 Å². The highest BCUT2D eigenvalue weighted by atomic mass is 32.2. The van der Waals surface area contributed by atoms with Crippen molar-refractivity contribution in [2.75, 3.05) is 31.4 Å². The minimum absolute atomic E-state index is 0.181. The Balaban J connectivity index is 1.68. The number of thioether (sulfide) groups is 1. The third kappa shape index (κ3) is 4.96. The van der Waals surface area contributed by atoms with E-state index in [1.54, 1.807) is 25.4 Å². The standard InChI is InChI=1S/C18H22N6O3S/c1-18(4-8-28-17(19)24-18)14-9-12(3-5-20-14)23-16(25)13-10-22-15(11-21-13)27-7-6-26-2/h3,5,9-11H,4,6-8H2,1-2H3,(H2,19,24)(H,20,23,25)/t18-/m0/s1. The molecule has 10 heteroatoms. The van der Waals surface area contributed by atoms with Gasteiger partial charge in [0.25, 0.3) is 5.91 Å². The van der Waals surface area contributed by atoms with Gasteiger partial charge in [0.2, 0.25) is 5.88 Å². The Hall–Kier alpha value is -2.72. The molecular weight excluding hydrogens is 380 g/mol. The van der Waals surface area contributed by atoms with Gasteiger partial charge in [-0.05, 0) is 25.5 Å². The molecule has 1 aliphatic rings. The van der Waals surface area contributed by atoms with Crippen LogP contribution in [-0.4, -0.2) is 52.1 Å². The summed E-state index contributed by atoms with van der Waals surface area (Å²) in [7, 11) is 1.59. The van der Waals surface area contributed by atoms with Crippen molar-refractivity contribution in [2.45, 2.75) is 18.9 Å². The van der Waals surface area contributed by atoms with Crippen LogP contribution < -0.4 is 15.8 Å². The molecule has 0 radical (unpaired) electrons. The molecular formula is C18H22N6O3S. The first-order chi connectivity index (χ1) is 13.5. The SMILES string of the molecule is COCCOc1cnc(C(=O)Nc2ccnc([C@]3(C)CCSC(N)=N3)c2)cn1. The number of pyridine rings is 1. The van der Waals surface area contributed by atoms with E-state index in [1.165, 1.54) is 24.2 Å². The number of amides is 1. The van der Waals surface area contributed by atoms with Crippen LogP contribution in [0, 0.1) is 0 Å². The van der Waals surface area contributed by atoms with Crippen molar-refractivity contribution in [1.82, 2.24) is 15.0 Å². The molecule has 1 aliphatic heterocycles. The zero-order valence-electron chi connectivity index (χ0n) is 15.7. The van der Waals surface area contributed by atoms with Crippen LogP contribution in [0.1, 0.15) is 29.5 Å². The van der Waals surface area contributed by atoms with Crippen molar-refractivity contribution in [1.29, 1.82) is 0 Å². The Morgan fingerprint density at radius 1 is 1.32 bits per heavy atom.